The first-order valence-corrected chi connectivity index (χ1v) is 7.11. The molecule has 0 spiro atoms. The summed E-state index contributed by atoms with van der Waals surface area (Å²) in [7, 11) is -4.95. The van der Waals surface area contributed by atoms with E-state index >= 15 is 0 Å². The van der Waals surface area contributed by atoms with Gasteiger partial charge in [0.15, 0.2) is 5.75 Å². The van der Waals surface area contributed by atoms with Gasteiger partial charge in [-0.25, -0.2) is 4.39 Å². The van der Waals surface area contributed by atoms with Crippen LogP contribution in [-0.2, 0) is 15.0 Å². The number of amides is 1. The van der Waals surface area contributed by atoms with E-state index in [0.717, 1.165) is 17.0 Å². The van der Waals surface area contributed by atoms with Crippen molar-refractivity contribution < 1.29 is 35.0 Å². The van der Waals surface area contributed by atoms with Crippen molar-refractivity contribution in [3.05, 3.63) is 24.0 Å². The first kappa shape index (κ1) is 15.5. The zero-order valence-corrected chi connectivity index (χ0v) is 11.1. The normalized spacial score (nSPS) is 19.4. The zero-order valence-electron chi connectivity index (χ0n) is 10.3. The summed E-state index contributed by atoms with van der Waals surface area (Å²) in [5.41, 5.74) is -0.243. The Bertz CT molecular complexity index is 664. The van der Waals surface area contributed by atoms with Crippen LogP contribution in [0.4, 0.5) is 22.7 Å². The highest BCUT2D eigenvalue weighted by Crippen LogP contribution is 2.34. The van der Waals surface area contributed by atoms with Crippen molar-refractivity contribution in [2.24, 2.45) is 0 Å². The molecule has 1 aromatic rings. The minimum Gasteiger partial charge on any atom is -0.432 e. The molecule has 5 nitrogen and oxygen atoms in total. The standard InChI is InChI=1S/C11H9F4NO4S/c12-6-1-2-8(9(3-6)20-11(13)14)16-5-7(4-10(16)17)21(15,18)19/h1-3,7,11H,4-5H2. The molecule has 1 heterocycles. The van der Waals surface area contributed by atoms with Crippen LogP contribution in [0.2, 0.25) is 0 Å². The van der Waals surface area contributed by atoms with E-state index in [0.29, 0.717) is 6.07 Å². The molecule has 1 fully saturated rings. The molecular formula is C11H9F4NO4S. The van der Waals surface area contributed by atoms with Crippen LogP contribution in [0.5, 0.6) is 5.75 Å². The quantitative estimate of drug-likeness (QED) is 0.625. The van der Waals surface area contributed by atoms with Crippen LogP contribution in [0.1, 0.15) is 6.42 Å². The molecule has 1 saturated heterocycles. The van der Waals surface area contributed by atoms with Gasteiger partial charge in [-0.1, -0.05) is 0 Å². The van der Waals surface area contributed by atoms with E-state index in [2.05, 4.69) is 4.74 Å². The first-order valence-electron chi connectivity index (χ1n) is 5.66. The highest BCUT2D eigenvalue weighted by atomic mass is 32.3. The van der Waals surface area contributed by atoms with Crippen molar-refractivity contribution in [3.63, 3.8) is 0 Å². The second kappa shape index (κ2) is 5.51. The third kappa shape index (κ3) is 3.43. The summed E-state index contributed by atoms with van der Waals surface area (Å²) in [6.45, 7) is -3.81. The number of alkyl halides is 2. The maximum absolute atomic E-state index is 13.1. The smallest absolute Gasteiger partial charge is 0.387 e. The molecule has 0 bridgehead atoms. The molecule has 0 radical (unpaired) electrons. The lowest BCUT2D eigenvalue weighted by atomic mass is 10.2. The van der Waals surface area contributed by atoms with Crippen molar-refractivity contribution in [1.82, 2.24) is 0 Å². The monoisotopic (exact) mass is 327 g/mol. The van der Waals surface area contributed by atoms with E-state index in [9.17, 15) is 30.3 Å². The predicted octanol–water partition coefficient (Wildman–Crippen LogP) is 1.83. The molecule has 0 aromatic heterocycles. The topological polar surface area (TPSA) is 63.7 Å². The number of benzene rings is 1. The Balaban J connectivity index is 2.36. The van der Waals surface area contributed by atoms with Crippen molar-refractivity contribution in [1.29, 1.82) is 0 Å². The van der Waals surface area contributed by atoms with Crippen LogP contribution in [0.15, 0.2) is 18.2 Å². The summed E-state index contributed by atoms with van der Waals surface area (Å²) in [6, 6.07) is 2.50. The van der Waals surface area contributed by atoms with E-state index in [1.165, 1.54) is 0 Å². The fourth-order valence-corrected chi connectivity index (χ4v) is 2.67. The Morgan fingerprint density at radius 3 is 2.52 bits per heavy atom. The van der Waals surface area contributed by atoms with E-state index in [1.807, 2.05) is 0 Å². The number of carbonyl (C=O) groups excluding carboxylic acids is 1. The van der Waals surface area contributed by atoms with Gasteiger partial charge in [0.25, 0.3) is 0 Å². The number of hydrogen-bond acceptors (Lipinski definition) is 4. The van der Waals surface area contributed by atoms with Gasteiger partial charge in [-0.15, -0.1) is 3.89 Å². The van der Waals surface area contributed by atoms with Gasteiger partial charge in [-0.3, -0.25) is 4.79 Å². The highest BCUT2D eigenvalue weighted by Gasteiger charge is 2.40. The minimum absolute atomic E-state index is 0.243. The third-order valence-electron chi connectivity index (χ3n) is 2.92. The molecule has 21 heavy (non-hydrogen) atoms. The van der Waals surface area contributed by atoms with E-state index < -0.39 is 52.5 Å². The molecule has 2 rings (SSSR count). The van der Waals surface area contributed by atoms with Crippen LogP contribution in [-0.4, -0.2) is 32.7 Å². The lowest BCUT2D eigenvalue weighted by molar-refractivity contribution is -0.117. The number of rotatable bonds is 4. The van der Waals surface area contributed by atoms with Crippen LogP contribution in [0.25, 0.3) is 0 Å². The van der Waals surface area contributed by atoms with Gasteiger partial charge in [0.2, 0.25) is 5.91 Å². The van der Waals surface area contributed by atoms with Gasteiger partial charge in [-0.05, 0) is 12.1 Å². The molecule has 10 heteroatoms. The molecule has 1 aromatic carbocycles. The van der Waals surface area contributed by atoms with Crippen LogP contribution in [0, 0.1) is 5.82 Å². The second-order valence-corrected chi connectivity index (χ2v) is 5.91. The van der Waals surface area contributed by atoms with E-state index in [-0.39, 0.29) is 5.69 Å². The van der Waals surface area contributed by atoms with Crippen molar-refractivity contribution in [2.75, 3.05) is 11.4 Å². The molecular weight excluding hydrogens is 318 g/mol. The summed E-state index contributed by atoms with van der Waals surface area (Å²) in [5.74, 6) is -2.29. The summed E-state index contributed by atoms with van der Waals surface area (Å²) >= 11 is 0. The average Bonchev–Trinajstić information content (AvgIpc) is 2.70. The minimum atomic E-state index is -4.95. The number of hydrogen-bond donors (Lipinski definition) is 0. The summed E-state index contributed by atoms with van der Waals surface area (Å²) in [5, 5.41) is -1.59. The van der Waals surface area contributed by atoms with Gasteiger partial charge in [0.05, 0.1) is 5.69 Å². The Hall–Kier alpha value is -1.84. The highest BCUT2D eigenvalue weighted by molar-refractivity contribution is 7.87. The first-order chi connectivity index (χ1) is 9.68. The Morgan fingerprint density at radius 2 is 2.00 bits per heavy atom. The van der Waals surface area contributed by atoms with Crippen molar-refractivity contribution >= 4 is 21.8 Å². The average molecular weight is 327 g/mol. The Labute approximate surface area is 117 Å². The van der Waals surface area contributed by atoms with E-state index in [4.69, 9.17) is 0 Å². The number of halogens is 4. The maximum atomic E-state index is 13.1. The van der Waals surface area contributed by atoms with Crippen LogP contribution < -0.4 is 9.64 Å². The Kier molecular flexibility index (Phi) is 4.08. The lowest BCUT2D eigenvalue weighted by Crippen LogP contribution is -2.27. The lowest BCUT2D eigenvalue weighted by Gasteiger charge is -2.19. The van der Waals surface area contributed by atoms with Gasteiger partial charge in [0.1, 0.15) is 11.1 Å². The molecule has 1 atom stereocenters. The van der Waals surface area contributed by atoms with Crippen LogP contribution >= 0.6 is 0 Å². The van der Waals surface area contributed by atoms with Gasteiger partial charge >= 0.3 is 16.8 Å². The van der Waals surface area contributed by atoms with Crippen molar-refractivity contribution in [3.8, 4) is 5.75 Å². The molecule has 0 aliphatic carbocycles. The van der Waals surface area contributed by atoms with Gasteiger partial charge in [0, 0.05) is 19.0 Å². The van der Waals surface area contributed by atoms with Gasteiger partial charge in [-0.2, -0.15) is 17.2 Å². The second-order valence-electron chi connectivity index (χ2n) is 4.30. The van der Waals surface area contributed by atoms with Crippen molar-refractivity contribution in [2.45, 2.75) is 18.3 Å². The molecule has 0 saturated carbocycles. The molecule has 1 amide bonds. The molecule has 1 aliphatic rings. The van der Waals surface area contributed by atoms with E-state index in [1.54, 1.807) is 0 Å². The predicted molar refractivity (Wildman–Crippen MR) is 63.8 cm³/mol. The summed E-state index contributed by atoms with van der Waals surface area (Å²) < 4.78 is 76.3. The fraction of sp³-hybridized carbons (Fsp3) is 0.364. The Morgan fingerprint density at radius 1 is 1.33 bits per heavy atom. The number of carbonyl (C=O) groups is 1. The molecule has 0 N–H and O–H groups in total. The molecule has 116 valence electrons. The third-order valence-corrected chi connectivity index (χ3v) is 4.03. The molecule has 1 aliphatic heterocycles. The number of anilines is 1. The summed E-state index contributed by atoms with van der Waals surface area (Å²) in [6.07, 6.45) is -0.621. The number of nitrogens with zero attached hydrogens (tertiary/aromatic N) is 1. The SMILES string of the molecule is O=C1CC(S(=O)(=O)F)CN1c1ccc(F)cc1OC(F)F. The molecule has 1 unspecified atom stereocenters. The largest absolute Gasteiger partial charge is 0.432 e. The zero-order chi connectivity index (χ0) is 15.8. The van der Waals surface area contributed by atoms with Crippen LogP contribution in [0.3, 0.4) is 0 Å². The number of ether oxygens (including phenoxy) is 1. The van der Waals surface area contributed by atoms with Gasteiger partial charge < -0.3 is 9.64 Å². The summed E-state index contributed by atoms with van der Waals surface area (Å²) in [4.78, 5) is 12.5. The fourth-order valence-electron chi connectivity index (χ4n) is 2.00. The maximum Gasteiger partial charge on any atom is 0.387 e.